The van der Waals surface area contributed by atoms with E-state index in [2.05, 4.69) is 36.5 Å². The first-order chi connectivity index (χ1) is 17.8. The molecule has 0 bridgehead atoms. The van der Waals surface area contributed by atoms with Crippen LogP contribution in [0.4, 0.5) is 9.18 Å². The summed E-state index contributed by atoms with van der Waals surface area (Å²) in [5, 5.41) is 3.02. The van der Waals surface area contributed by atoms with E-state index in [-0.39, 0.29) is 53.7 Å². The second kappa shape index (κ2) is 10.8. The van der Waals surface area contributed by atoms with Crippen LogP contribution in [0, 0.1) is 41.3 Å². The molecule has 1 amide bonds. The zero-order valence-electron chi connectivity index (χ0n) is 22.0. The lowest BCUT2D eigenvalue weighted by Crippen LogP contribution is -2.48. The minimum Gasteiger partial charge on any atom is -0.462 e. The molecule has 8 atom stereocenters. The number of esters is 1. The number of benzene rings is 1. The van der Waals surface area contributed by atoms with Gasteiger partial charge in [-0.3, -0.25) is 4.79 Å². The van der Waals surface area contributed by atoms with Crippen LogP contribution in [-0.2, 0) is 14.3 Å². The third-order valence-electron chi connectivity index (χ3n) is 8.99. The van der Waals surface area contributed by atoms with Crippen molar-refractivity contribution in [3.05, 3.63) is 65.5 Å². The summed E-state index contributed by atoms with van der Waals surface area (Å²) in [7, 11) is 0. The molecular formula is C31H38FNO4. The third-order valence-corrected chi connectivity index (χ3v) is 8.99. The number of amides is 1. The number of hydrogen-bond acceptors (Lipinski definition) is 4. The molecule has 0 radical (unpaired) electrons. The van der Waals surface area contributed by atoms with Gasteiger partial charge >= 0.3 is 12.1 Å². The largest absolute Gasteiger partial charge is 0.462 e. The van der Waals surface area contributed by atoms with E-state index in [9.17, 15) is 14.0 Å². The van der Waals surface area contributed by atoms with Crippen molar-refractivity contribution in [2.45, 2.75) is 65.0 Å². The van der Waals surface area contributed by atoms with Gasteiger partial charge in [0.15, 0.2) is 0 Å². The predicted octanol–water partition coefficient (Wildman–Crippen LogP) is 6.46. The molecule has 1 N–H and O–H groups in total. The van der Waals surface area contributed by atoms with Gasteiger partial charge in [-0.2, -0.15) is 0 Å². The van der Waals surface area contributed by atoms with Gasteiger partial charge in [-0.1, -0.05) is 43.4 Å². The Balaban J connectivity index is 1.35. The highest BCUT2D eigenvalue weighted by molar-refractivity contribution is 5.75. The molecule has 3 fully saturated rings. The van der Waals surface area contributed by atoms with Crippen molar-refractivity contribution in [1.82, 2.24) is 5.32 Å². The van der Waals surface area contributed by atoms with Crippen LogP contribution in [0.25, 0.3) is 5.57 Å². The first-order valence-corrected chi connectivity index (χ1v) is 13.8. The van der Waals surface area contributed by atoms with E-state index in [1.165, 1.54) is 11.6 Å². The van der Waals surface area contributed by atoms with Gasteiger partial charge < -0.3 is 14.8 Å². The highest BCUT2D eigenvalue weighted by Gasteiger charge is 2.54. The van der Waals surface area contributed by atoms with Crippen molar-refractivity contribution in [2.24, 2.45) is 35.5 Å². The summed E-state index contributed by atoms with van der Waals surface area (Å²) in [4.78, 5) is 24.7. The molecule has 1 aliphatic heterocycles. The summed E-state index contributed by atoms with van der Waals surface area (Å²) in [6, 6.07) is 6.89. The summed E-state index contributed by atoms with van der Waals surface area (Å²) in [5.41, 5.74) is 3.35. The number of ether oxygens (including phenoxy) is 2. The molecule has 37 heavy (non-hydrogen) atoms. The standard InChI is InChI=1S/C31H38FNO4/c1-4-36-31(35)33-24-10-13-26-22(16-24)17-28-29(19(3)37-30(28)34)27(26)12-9-20-8-11-25(18(2)14-20)21-6-5-7-23(32)15-21/h5-9,11-12,15,18-19,22,24,26-29H,4,10,13-14,16-17H2,1-3H3,(H,33,35)/b12-9+/t18?,19-,22-,24+,26-,27+,28-,29-/m1/s1. The molecule has 0 spiro atoms. The molecule has 1 saturated heterocycles. The quantitative estimate of drug-likeness (QED) is 0.465. The molecule has 5 rings (SSSR count). The van der Waals surface area contributed by atoms with Crippen LogP contribution in [0.2, 0.25) is 0 Å². The SMILES string of the molecule is CCOC(=O)N[C@H]1CC[C@@H]2[C@H](C1)C[C@H]1C(=O)O[C@H](C)[C@@H]1[C@H]2/C=C/C1=CC=C(c2cccc(F)c2)C(C)C1. The van der Waals surface area contributed by atoms with Crippen LogP contribution in [0.1, 0.15) is 58.4 Å². The maximum Gasteiger partial charge on any atom is 0.407 e. The van der Waals surface area contributed by atoms with Crippen molar-refractivity contribution < 1.29 is 23.5 Å². The molecule has 6 heteroatoms. The minimum atomic E-state index is -0.353. The summed E-state index contributed by atoms with van der Waals surface area (Å²) in [6.45, 7) is 6.39. The molecule has 1 aromatic rings. The van der Waals surface area contributed by atoms with Crippen molar-refractivity contribution in [2.75, 3.05) is 6.61 Å². The molecule has 3 aliphatic carbocycles. The van der Waals surface area contributed by atoms with Crippen molar-refractivity contribution >= 4 is 17.6 Å². The van der Waals surface area contributed by atoms with Crippen LogP contribution < -0.4 is 5.32 Å². The lowest BCUT2D eigenvalue weighted by molar-refractivity contribution is -0.144. The number of fused-ring (bicyclic) bond motifs is 2. The maximum atomic E-state index is 13.8. The molecule has 4 aliphatic rings. The van der Waals surface area contributed by atoms with Crippen LogP contribution in [0.3, 0.4) is 0 Å². The Morgan fingerprint density at radius 3 is 2.81 bits per heavy atom. The van der Waals surface area contributed by atoms with E-state index in [0.717, 1.165) is 43.2 Å². The van der Waals surface area contributed by atoms with Gasteiger partial charge in [-0.25, -0.2) is 9.18 Å². The van der Waals surface area contributed by atoms with Gasteiger partial charge in [-0.15, -0.1) is 0 Å². The molecule has 1 heterocycles. The fraction of sp³-hybridized carbons (Fsp3) is 0.548. The third kappa shape index (κ3) is 5.39. The Labute approximate surface area is 219 Å². The Bertz CT molecular complexity index is 1120. The smallest absolute Gasteiger partial charge is 0.407 e. The number of halogens is 1. The highest BCUT2D eigenvalue weighted by Crippen LogP contribution is 2.53. The normalized spacial score (nSPS) is 35.2. The van der Waals surface area contributed by atoms with E-state index in [1.807, 2.05) is 19.9 Å². The number of carbonyl (C=O) groups excluding carboxylic acids is 2. The maximum absolute atomic E-state index is 13.8. The summed E-state index contributed by atoms with van der Waals surface area (Å²) in [5.74, 6) is 1.23. The number of alkyl carbamates (subject to hydrolysis) is 1. The number of rotatable bonds is 5. The number of allylic oxidation sites excluding steroid dienone is 6. The van der Waals surface area contributed by atoms with E-state index in [1.54, 1.807) is 12.1 Å². The number of hydrogen-bond donors (Lipinski definition) is 1. The first-order valence-electron chi connectivity index (χ1n) is 13.8. The van der Waals surface area contributed by atoms with Crippen LogP contribution in [-0.4, -0.2) is 30.8 Å². The number of cyclic esters (lactones) is 1. The molecular weight excluding hydrogens is 469 g/mol. The van der Waals surface area contributed by atoms with Gasteiger partial charge in [0.25, 0.3) is 0 Å². The van der Waals surface area contributed by atoms with E-state index in [0.29, 0.717) is 18.4 Å². The Morgan fingerprint density at radius 1 is 1.22 bits per heavy atom. The topological polar surface area (TPSA) is 64.6 Å². The number of nitrogens with one attached hydrogen (secondary N) is 1. The molecule has 2 saturated carbocycles. The van der Waals surface area contributed by atoms with Crippen molar-refractivity contribution in [3.63, 3.8) is 0 Å². The van der Waals surface area contributed by atoms with Crippen LogP contribution in [0.15, 0.2) is 54.1 Å². The summed E-state index contributed by atoms with van der Waals surface area (Å²) < 4.78 is 24.6. The molecule has 0 aromatic heterocycles. The zero-order chi connectivity index (χ0) is 26.1. The Morgan fingerprint density at radius 2 is 2.05 bits per heavy atom. The van der Waals surface area contributed by atoms with Gasteiger partial charge in [0, 0.05) is 12.0 Å². The van der Waals surface area contributed by atoms with Gasteiger partial charge in [0.1, 0.15) is 11.9 Å². The average Bonchev–Trinajstić information content (AvgIpc) is 3.14. The molecule has 1 aromatic carbocycles. The van der Waals surface area contributed by atoms with Gasteiger partial charge in [0.2, 0.25) is 0 Å². The van der Waals surface area contributed by atoms with Gasteiger partial charge in [0.05, 0.1) is 12.5 Å². The summed E-state index contributed by atoms with van der Waals surface area (Å²) >= 11 is 0. The van der Waals surface area contributed by atoms with Crippen LogP contribution >= 0.6 is 0 Å². The zero-order valence-corrected chi connectivity index (χ0v) is 22.0. The Kier molecular flexibility index (Phi) is 7.55. The second-order valence-electron chi connectivity index (χ2n) is 11.3. The number of carbonyl (C=O) groups is 2. The molecule has 198 valence electrons. The van der Waals surface area contributed by atoms with Gasteiger partial charge in [-0.05, 0) is 98.5 Å². The Hall–Kier alpha value is -2.89. The fourth-order valence-corrected chi connectivity index (χ4v) is 7.39. The molecule has 1 unspecified atom stereocenters. The van der Waals surface area contributed by atoms with Crippen molar-refractivity contribution in [3.8, 4) is 0 Å². The fourth-order valence-electron chi connectivity index (χ4n) is 7.39. The predicted molar refractivity (Wildman–Crippen MR) is 141 cm³/mol. The minimum absolute atomic E-state index is 0.0667. The molecule has 5 nitrogen and oxygen atoms in total. The van der Waals surface area contributed by atoms with E-state index < -0.39 is 0 Å². The highest BCUT2D eigenvalue weighted by atomic mass is 19.1. The summed E-state index contributed by atoms with van der Waals surface area (Å²) in [6.07, 6.45) is 13.0. The first kappa shape index (κ1) is 25.7. The lowest BCUT2D eigenvalue weighted by Gasteiger charge is -2.47. The van der Waals surface area contributed by atoms with E-state index in [4.69, 9.17) is 9.47 Å². The second-order valence-corrected chi connectivity index (χ2v) is 11.3. The van der Waals surface area contributed by atoms with E-state index >= 15 is 0 Å². The lowest BCUT2D eigenvalue weighted by atomic mass is 9.57. The monoisotopic (exact) mass is 507 g/mol. The average molecular weight is 508 g/mol. The van der Waals surface area contributed by atoms with Crippen molar-refractivity contribution in [1.29, 1.82) is 0 Å². The van der Waals surface area contributed by atoms with Crippen LogP contribution in [0.5, 0.6) is 0 Å².